The number of carbonyl (C=O) groups excluding carboxylic acids is 2. The number of hydrogen-bond acceptors (Lipinski definition) is 2. The molecule has 0 heterocycles. The predicted molar refractivity (Wildman–Crippen MR) is 49.1 cm³/mol. The molecule has 0 aliphatic heterocycles. The van der Waals surface area contributed by atoms with Crippen molar-refractivity contribution in [2.45, 2.75) is 0 Å². The number of amides is 1. The van der Waals surface area contributed by atoms with Gasteiger partial charge in [-0.3, -0.25) is 9.59 Å². The fourth-order valence-electron chi connectivity index (χ4n) is 0.970. The number of likely N-dealkylation sites (N-methyl/N-ethyl adjacent to an activating group) is 1. The number of nitrogens with zero attached hydrogens (tertiary/aromatic N) is 1. The molecule has 0 unspecified atom stereocenters. The van der Waals surface area contributed by atoms with Crippen molar-refractivity contribution in [2.24, 2.45) is 0 Å². The molecule has 0 N–H and O–H groups in total. The molecule has 0 aliphatic rings. The summed E-state index contributed by atoms with van der Waals surface area (Å²) in [6.45, 7) is 0.00767. The van der Waals surface area contributed by atoms with Crippen molar-refractivity contribution < 1.29 is 9.59 Å². The summed E-state index contributed by atoms with van der Waals surface area (Å²) < 4.78 is 0. The molecular formula is C10H10NO2. The molecule has 1 aromatic rings. The Morgan fingerprint density at radius 2 is 2.00 bits per heavy atom. The van der Waals surface area contributed by atoms with Crippen LogP contribution in [0.25, 0.3) is 0 Å². The molecule has 0 aliphatic carbocycles. The van der Waals surface area contributed by atoms with E-state index < -0.39 is 0 Å². The Kier molecular flexibility index (Phi) is 3.20. The molecule has 1 radical (unpaired) electrons. The fraction of sp³-hybridized carbons (Fsp3) is 0.200. The minimum absolute atomic E-state index is 0.00767. The first kappa shape index (κ1) is 9.45. The summed E-state index contributed by atoms with van der Waals surface area (Å²) in [5, 5.41) is 0. The molecule has 0 fully saturated rings. The van der Waals surface area contributed by atoms with Crippen LogP contribution in [0.5, 0.6) is 0 Å². The molecule has 1 rings (SSSR count). The molecule has 67 valence electrons. The van der Waals surface area contributed by atoms with Gasteiger partial charge in [0.1, 0.15) is 0 Å². The van der Waals surface area contributed by atoms with E-state index in [0.29, 0.717) is 5.56 Å². The van der Waals surface area contributed by atoms with E-state index in [9.17, 15) is 9.59 Å². The van der Waals surface area contributed by atoms with Crippen LogP contribution in [0.15, 0.2) is 30.3 Å². The molecule has 0 bridgehead atoms. The molecule has 0 aromatic heterocycles. The first-order chi connectivity index (χ1) is 6.25. The molecule has 0 atom stereocenters. The number of benzene rings is 1. The van der Waals surface area contributed by atoms with Gasteiger partial charge in [0.25, 0.3) is 5.91 Å². The van der Waals surface area contributed by atoms with E-state index in [1.807, 2.05) is 6.07 Å². The van der Waals surface area contributed by atoms with Gasteiger partial charge in [0, 0.05) is 12.6 Å². The zero-order chi connectivity index (χ0) is 9.68. The molecule has 3 nitrogen and oxygen atoms in total. The van der Waals surface area contributed by atoms with Gasteiger partial charge < -0.3 is 4.90 Å². The highest BCUT2D eigenvalue weighted by atomic mass is 16.2. The lowest BCUT2D eigenvalue weighted by atomic mass is 10.2. The van der Waals surface area contributed by atoms with Gasteiger partial charge in [-0.25, -0.2) is 0 Å². The molecular weight excluding hydrogens is 166 g/mol. The average Bonchev–Trinajstić information content (AvgIpc) is 2.18. The lowest BCUT2D eigenvalue weighted by molar-refractivity contribution is 0.0814. The van der Waals surface area contributed by atoms with Crippen molar-refractivity contribution in [1.82, 2.24) is 4.90 Å². The quantitative estimate of drug-likeness (QED) is 0.685. The van der Waals surface area contributed by atoms with E-state index in [-0.39, 0.29) is 12.5 Å². The van der Waals surface area contributed by atoms with Crippen molar-refractivity contribution in [2.75, 3.05) is 13.6 Å². The third kappa shape index (κ3) is 2.40. The Bertz CT molecular complexity index is 295. The minimum Gasteiger partial charge on any atom is -0.334 e. The largest absolute Gasteiger partial charge is 0.334 e. The summed E-state index contributed by atoms with van der Waals surface area (Å²) >= 11 is 0. The number of rotatable bonds is 3. The Morgan fingerprint density at radius 1 is 1.38 bits per heavy atom. The Morgan fingerprint density at radius 3 is 2.54 bits per heavy atom. The minimum atomic E-state index is -0.163. The van der Waals surface area contributed by atoms with Crippen LogP contribution in [0.2, 0.25) is 0 Å². The van der Waals surface area contributed by atoms with Gasteiger partial charge in [0.15, 0.2) is 0 Å². The van der Waals surface area contributed by atoms with Gasteiger partial charge >= 0.3 is 0 Å². The monoisotopic (exact) mass is 176 g/mol. The first-order valence-corrected chi connectivity index (χ1v) is 3.91. The van der Waals surface area contributed by atoms with Crippen LogP contribution >= 0.6 is 0 Å². The van der Waals surface area contributed by atoms with Crippen molar-refractivity contribution >= 4 is 12.2 Å². The Hall–Kier alpha value is -1.64. The number of hydrogen-bond donors (Lipinski definition) is 0. The molecule has 1 amide bonds. The maximum Gasteiger partial charge on any atom is 0.254 e. The third-order valence-electron chi connectivity index (χ3n) is 1.67. The average molecular weight is 176 g/mol. The highest BCUT2D eigenvalue weighted by molar-refractivity contribution is 5.94. The van der Waals surface area contributed by atoms with E-state index >= 15 is 0 Å². The fourth-order valence-corrected chi connectivity index (χ4v) is 0.970. The molecule has 1 aromatic carbocycles. The highest BCUT2D eigenvalue weighted by Crippen LogP contribution is 2.01. The van der Waals surface area contributed by atoms with Gasteiger partial charge in [-0.1, -0.05) is 18.2 Å². The van der Waals surface area contributed by atoms with E-state index in [1.165, 1.54) is 4.90 Å². The summed E-state index contributed by atoms with van der Waals surface area (Å²) in [6, 6.07) is 8.83. The predicted octanol–water partition coefficient (Wildman–Crippen LogP) is 0.868. The molecule has 3 heteroatoms. The van der Waals surface area contributed by atoms with Crippen LogP contribution in [0.4, 0.5) is 0 Å². The summed E-state index contributed by atoms with van der Waals surface area (Å²) in [5.74, 6) is -0.163. The highest BCUT2D eigenvalue weighted by Gasteiger charge is 2.09. The van der Waals surface area contributed by atoms with Gasteiger partial charge in [-0.15, -0.1) is 0 Å². The second kappa shape index (κ2) is 4.40. The van der Waals surface area contributed by atoms with Crippen LogP contribution in [-0.4, -0.2) is 30.7 Å². The first-order valence-electron chi connectivity index (χ1n) is 3.91. The lowest BCUT2D eigenvalue weighted by Crippen LogP contribution is -2.28. The van der Waals surface area contributed by atoms with Crippen LogP contribution in [0.3, 0.4) is 0 Å². The van der Waals surface area contributed by atoms with Gasteiger partial charge in [0.2, 0.25) is 6.29 Å². The zero-order valence-corrected chi connectivity index (χ0v) is 7.36. The summed E-state index contributed by atoms with van der Waals surface area (Å²) in [5.41, 5.74) is 0.584. The van der Waals surface area contributed by atoms with Crippen LogP contribution in [0, 0.1) is 0 Å². The SMILES string of the molecule is CN(C[C]=O)C(=O)c1ccccc1. The van der Waals surface area contributed by atoms with Gasteiger partial charge in [-0.05, 0) is 12.1 Å². The van der Waals surface area contributed by atoms with Crippen molar-refractivity contribution in [3.05, 3.63) is 35.9 Å². The molecule has 0 saturated heterocycles. The van der Waals surface area contributed by atoms with Crippen LogP contribution < -0.4 is 0 Å². The Labute approximate surface area is 77.0 Å². The molecule has 0 saturated carbocycles. The van der Waals surface area contributed by atoms with E-state index in [0.717, 1.165) is 0 Å². The van der Waals surface area contributed by atoms with Crippen LogP contribution in [0.1, 0.15) is 10.4 Å². The topological polar surface area (TPSA) is 37.4 Å². The normalized spacial score (nSPS) is 9.31. The second-order valence-electron chi connectivity index (χ2n) is 2.67. The van der Waals surface area contributed by atoms with E-state index in [2.05, 4.69) is 0 Å². The van der Waals surface area contributed by atoms with Crippen molar-refractivity contribution in [3.8, 4) is 0 Å². The van der Waals surface area contributed by atoms with Crippen molar-refractivity contribution in [1.29, 1.82) is 0 Å². The second-order valence-corrected chi connectivity index (χ2v) is 2.67. The van der Waals surface area contributed by atoms with Crippen molar-refractivity contribution in [3.63, 3.8) is 0 Å². The summed E-state index contributed by atoms with van der Waals surface area (Å²) in [6.07, 6.45) is 1.67. The third-order valence-corrected chi connectivity index (χ3v) is 1.67. The van der Waals surface area contributed by atoms with Crippen LogP contribution in [-0.2, 0) is 4.79 Å². The molecule has 0 spiro atoms. The maximum absolute atomic E-state index is 11.5. The van der Waals surface area contributed by atoms with E-state index in [4.69, 9.17) is 0 Å². The number of carbonyl (C=O) groups is 1. The van der Waals surface area contributed by atoms with Gasteiger partial charge in [0.05, 0.1) is 6.54 Å². The Balaban J connectivity index is 2.73. The maximum atomic E-state index is 11.5. The lowest BCUT2D eigenvalue weighted by Gasteiger charge is -2.12. The summed E-state index contributed by atoms with van der Waals surface area (Å²) in [7, 11) is 1.57. The standard InChI is InChI=1S/C10H10NO2/c1-11(7-8-12)10(13)9-5-3-2-4-6-9/h2-6H,7H2,1H3. The van der Waals surface area contributed by atoms with E-state index in [1.54, 1.807) is 37.6 Å². The smallest absolute Gasteiger partial charge is 0.254 e. The summed E-state index contributed by atoms with van der Waals surface area (Å²) in [4.78, 5) is 22.8. The molecule has 13 heavy (non-hydrogen) atoms. The zero-order valence-electron chi connectivity index (χ0n) is 7.36. The van der Waals surface area contributed by atoms with Gasteiger partial charge in [-0.2, -0.15) is 0 Å².